The monoisotopic (exact) mass is 480 g/mol. The Hall–Kier alpha value is -3.70. The van der Waals surface area contributed by atoms with Gasteiger partial charge in [0.25, 0.3) is 5.91 Å². The fraction of sp³-hybridized carbons (Fsp3) is 0.290. The van der Waals surface area contributed by atoms with E-state index in [1.54, 1.807) is 0 Å². The first-order valence-electron chi connectivity index (χ1n) is 12.7. The zero-order chi connectivity index (χ0) is 25.1. The number of carbonyl (C=O) groups is 2. The van der Waals surface area contributed by atoms with Crippen LogP contribution in [0.2, 0.25) is 0 Å². The Morgan fingerprint density at radius 3 is 2.44 bits per heavy atom. The number of carbonyl (C=O) groups excluding carboxylic acids is 2. The second-order valence-electron chi connectivity index (χ2n) is 9.77. The molecule has 5 rings (SSSR count). The van der Waals surface area contributed by atoms with Gasteiger partial charge in [-0.25, -0.2) is 0 Å². The molecule has 1 N–H and O–H groups in total. The van der Waals surface area contributed by atoms with E-state index in [1.165, 1.54) is 5.56 Å². The zero-order valence-electron chi connectivity index (χ0n) is 20.9. The van der Waals surface area contributed by atoms with Gasteiger partial charge in [-0.05, 0) is 87.0 Å². The predicted octanol–water partition coefficient (Wildman–Crippen LogP) is 6.13. The molecule has 2 heterocycles. The van der Waals surface area contributed by atoms with Crippen LogP contribution in [0.25, 0.3) is 17.2 Å². The van der Waals surface area contributed by atoms with Gasteiger partial charge < -0.3 is 10.1 Å². The number of amides is 1. The lowest BCUT2D eigenvalue weighted by Crippen LogP contribution is -2.41. The Kier molecular flexibility index (Phi) is 7.01. The number of likely N-dealkylation sites (N-methyl/N-ethyl adjacent to an activating group) is 1. The maximum Gasteiger partial charge on any atom is 0.251 e. The number of nitrogens with one attached hydrogen (secondary N) is 1. The van der Waals surface area contributed by atoms with Gasteiger partial charge in [0.05, 0.1) is 12.6 Å². The Morgan fingerprint density at radius 2 is 1.69 bits per heavy atom. The summed E-state index contributed by atoms with van der Waals surface area (Å²) in [6.07, 6.45) is 5.57. The summed E-state index contributed by atoms with van der Waals surface area (Å²) < 4.78 is 5.92. The van der Waals surface area contributed by atoms with Crippen molar-refractivity contribution in [2.24, 2.45) is 0 Å². The standard InChI is InChI=1S/C31H32N2O3/c1-21-6-8-22(9-7-21)24-12-15-29-26(19-24)20-25(16-18-36-29)31(35)32-27-13-10-23(11-14-27)30(34)28-5-3-4-17-33(28)2/h6-15,19-20,28H,3-5,16-18H2,1-2H3,(H,32,35). The van der Waals surface area contributed by atoms with Crippen LogP contribution in [0.4, 0.5) is 5.69 Å². The molecule has 0 spiro atoms. The van der Waals surface area contributed by atoms with E-state index in [4.69, 9.17) is 4.74 Å². The number of benzene rings is 3. The first kappa shape index (κ1) is 24.0. The van der Waals surface area contributed by atoms with Crippen LogP contribution in [0, 0.1) is 6.92 Å². The normalized spacial score (nSPS) is 17.8. The van der Waals surface area contributed by atoms with E-state index >= 15 is 0 Å². The van der Waals surface area contributed by atoms with E-state index in [0.717, 1.165) is 48.2 Å². The summed E-state index contributed by atoms with van der Waals surface area (Å²) in [5.74, 6) is 0.780. The number of fused-ring (bicyclic) bond motifs is 1. The Labute approximate surface area is 212 Å². The van der Waals surface area contributed by atoms with Crippen LogP contribution < -0.4 is 10.1 Å². The Balaban J connectivity index is 1.31. The van der Waals surface area contributed by atoms with Crippen molar-refractivity contribution in [3.05, 3.63) is 89.0 Å². The maximum atomic E-state index is 13.1. The highest BCUT2D eigenvalue weighted by atomic mass is 16.5. The van der Waals surface area contributed by atoms with Crippen LogP contribution in [-0.2, 0) is 4.79 Å². The minimum absolute atomic E-state index is 0.0554. The molecular formula is C31H32N2O3. The van der Waals surface area contributed by atoms with Crippen molar-refractivity contribution in [3.8, 4) is 16.9 Å². The lowest BCUT2D eigenvalue weighted by Gasteiger charge is -2.31. The Morgan fingerprint density at radius 1 is 0.944 bits per heavy atom. The van der Waals surface area contributed by atoms with Crippen LogP contribution in [0.1, 0.15) is 47.2 Å². The van der Waals surface area contributed by atoms with Gasteiger partial charge in [-0.1, -0.05) is 42.3 Å². The molecule has 1 amide bonds. The van der Waals surface area contributed by atoms with E-state index < -0.39 is 0 Å². The second kappa shape index (κ2) is 10.5. The van der Waals surface area contributed by atoms with Crippen molar-refractivity contribution in [3.63, 3.8) is 0 Å². The van der Waals surface area contributed by atoms with Gasteiger partial charge in [0.1, 0.15) is 5.75 Å². The predicted molar refractivity (Wildman–Crippen MR) is 144 cm³/mol. The molecule has 1 atom stereocenters. The maximum absolute atomic E-state index is 13.1. The molecule has 0 aliphatic carbocycles. The van der Waals surface area contributed by atoms with Crippen LogP contribution in [0.3, 0.4) is 0 Å². The highest BCUT2D eigenvalue weighted by molar-refractivity contribution is 6.07. The summed E-state index contributed by atoms with van der Waals surface area (Å²) in [6.45, 7) is 3.47. The smallest absolute Gasteiger partial charge is 0.251 e. The number of anilines is 1. The molecule has 3 aromatic rings. The van der Waals surface area contributed by atoms with Crippen molar-refractivity contribution in [1.82, 2.24) is 4.90 Å². The molecule has 2 aliphatic heterocycles. The van der Waals surface area contributed by atoms with Crippen molar-refractivity contribution in [1.29, 1.82) is 0 Å². The largest absolute Gasteiger partial charge is 0.493 e. The SMILES string of the molecule is Cc1ccc(-c2ccc3c(c2)C=C(C(=O)Nc2ccc(C(=O)C4CCCCN4C)cc2)CCO3)cc1. The summed E-state index contributed by atoms with van der Waals surface area (Å²) in [4.78, 5) is 28.2. The van der Waals surface area contributed by atoms with Crippen molar-refractivity contribution >= 4 is 23.5 Å². The molecule has 3 aromatic carbocycles. The third kappa shape index (κ3) is 5.26. The van der Waals surface area contributed by atoms with E-state index in [2.05, 4.69) is 53.5 Å². The van der Waals surface area contributed by atoms with E-state index in [9.17, 15) is 9.59 Å². The summed E-state index contributed by atoms with van der Waals surface area (Å²) >= 11 is 0. The molecule has 36 heavy (non-hydrogen) atoms. The fourth-order valence-corrected chi connectivity index (χ4v) is 4.96. The highest BCUT2D eigenvalue weighted by Gasteiger charge is 2.26. The number of likely N-dealkylation sites (tertiary alicyclic amines) is 1. The first-order chi connectivity index (χ1) is 17.5. The van der Waals surface area contributed by atoms with E-state index in [-0.39, 0.29) is 17.7 Å². The quantitative estimate of drug-likeness (QED) is 0.446. The number of ketones is 1. The topological polar surface area (TPSA) is 58.6 Å². The van der Waals surface area contributed by atoms with Gasteiger partial charge in [0.2, 0.25) is 0 Å². The second-order valence-corrected chi connectivity index (χ2v) is 9.77. The zero-order valence-corrected chi connectivity index (χ0v) is 20.9. The number of aryl methyl sites for hydroxylation is 1. The third-order valence-corrected chi connectivity index (χ3v) is 7.15. The van der Waals surface area contributed by atoms with Crippen LogP contribution in [0.15, 0.2) is 72.3 Å². The lowest BCUT2D eigenvalue weighted by atomic mass is 9.95. The minimum atomic E-state index is -0.154. The molecule has 1 unspecified atom stereocenters. The third-order valence-electron chi connectivity index (χ3n) is 7.15. The molecule has 0 radical (unpaired) electrons. The number of piperidine rings is 1. The van der Waals surface area contributed by atoms with Gasteiger partial charge >= 0.3 is 0 Å². The summed E-state index contributed by atoms with van der Waals surface area (Å²) in [5, 5.41) is 2.99. The highest BCUT2D eigenvalue weighted by Crippen LogP contribution is 2.31. The van der Waals surface area contributed by atoms with E-state index in [1.807, 2.05) is 43.5 Å². The average Bonchev–Trinajstić information content (AvgIpc) is 3.12. The van der Waals surface area contributed by atoms with Crippen LogP contribution in [-0.4, -0.2) is 42.8 Å². The summed E-state index contributed by atoms with van der Waals surface area (Å²) in [6, 6.07) is 21.7. The molecule has 5 heteroatoms. The summed E-state index contributed by atoms with van der Waals surface area (Å²) in [5.41, 5.74) is 6.35. The number of ether oxygens (including phenoxy) is 1. The van der Waals surface area contributed by atoms with Crippen molar-refractivity contribution < 1.29 is 14.3 Å². The van der Waals surface area contributed by atoms with Gasteiger partial charge in [-0.15, -0.1) is 0 Å². The van der Waals surface area contributed by atoms with Gasteiger partial charge in [0, 0.05) is 28.8 Å². The summed E-state index contributed by atoms with van der Waals surface area (Å²) in [7, 11) is 2.02. The molecule has 2 aliphatic rings. The molecule has 5 nitrogen and oxygen atoms in total. The van der Waals surface area contributed by atoms with Crippen LogP contribution >= 0.6 is 0 Å². The molecule has 0 aromatic heterocycles. The van der Waals surface area contributed by atoms with Crippen molar-refractivity contribution in [2.45, 2.75) is 38.6 Å². The molecule has 0 bridgehead atoms. The Bertz CT molecular complexity index is 1290. The minimum Gasteiger partial charge on any atom is -0.493 e. The molecule has 184 valence electrons. The van der Waals surface area contributed by atoms with E-state index in [0.29, 0.717) is 29.9 Å². The molecule has 1 fully saturated rings. The number of rotatable bonds is 5. The first-order valence-corrected chi connectivity index (χ1v) is 12.7. The van der Waals surface area contributed by atoms with Gasteiger partial charge in [-0.3, -0.25) is 14.5 Å². The van der Waals surface area contributed by atoms with Gasteiger partial charge in [-0.2, -0.15) is 0 Å². The lowest BCUT2D eigenvalue weighted by molar-refractivity contribution is -0.113. The molecular weight excluding hydrogens is 448 g/mol. The fourth-order valence-electron chi connectivity index (χ4n) is 4.96. The molecule has 1 saturated heterocycles. The van der Waals surface area contributed by atoms with Crippen molar-refractivity contribution in [2.75, 3.05) is 25.5 Å². The van der Waals surface area contributed by atoms with Crippen LogP contribution in [0.5, 0.6) is 5.75 Å². The number of hydrogen-bond donors (Lipinski definition) is 1. The molecule has 0 saturated carbocycles. The average molecular weight is 481 g/mol. The number of nitrogens with zero attached hydrogens (tertiary/aromatic N) is 1. The van der Waals surface area contributed by atoms with Gasteiger partial charge in [0.15, 0.2) is 5.78 Å². The number of hydrogen-bond acceptors (Lipinski definition) is 4. The number of Topliss-reactive ketones (excluding diaryl/α,β-unsaturated/α-hetero) is 1.